The van der Waals surface area contributed by atoms with E-state index in [1.54, 1.807) is 13.8 Å². The zero-order valence-electron chi connectivity index (χ0n) is 22.9. The Morgan fingerprint density at radius 3 is 2.78 bits per heavy atom. The normalized spacial score (nSPS) is 23.7. The lowest BCUT2D eigenvalue weighted by atomic mass is 9.95. The molecule has 16 heteroatoms. The molecule has 0 spiro atoms. The molecule has 1 aliphatic rings. The van der Waals surface area contributed by atoms with Gasteiger partial charge in [-0.05, 0) is 26.3 Å². The maximum absolute atomic E-state index is 12.3. The Morgan fingerprint density at radius 1 is 1.34 bits per heavy atom. The van der Waals surface area contributed by atoms with Gasteiger partial charge in [-0.1, -0.05) is 42.1 Å². The summed E-state index contributed by atoms with van der Waals surface area (Å²) in [5.41, 5.74) is 3.64. The van der Waals surface area contributed by atoms with Crippen LogP contribution in [0, 0.1) is 5.41 Å². The van der Waals surface area contributed by atoms with Crippen LogP contribution in [-0.4, -0.2) is 83.3 Å². The largest absolute Gasteiger partial charge is 0.395 e. The molecular formula is C25H35N6O8PS. The number of nitrogens with zero attached hydrogens (tertiary/aromatic N) is 3. The number of H-pyrrole nitrogens is 1. The minimum Gasteiger partial charge on any atom is -0.395 e. The lowest BCUT2D eigenvalue weighted by Gasteiger charge is -2.27. The van der Waals surface area contributed by atoms with Gasteiger partial charge in [0, 0.05) is 12.3 Å². The van der Waals surface area contributed by atoms with Gasteiger partial charge < -0.3 is 34.8 Å². The highest BCUT2D eigenvalue weighted by Crippen LogP contribution is 2.41. The van der Waals surface area contributed by atoms with E-state index in [1.807, 2.05) is 30.3 Å². The maximum Gasteiger partial charge on any atom is 0.280 e. The number of aliphatic hydroxyl groups excluding tert-OH is 2. The number of nitrogens with one attached hydrogen (secondary N) is 2. The number of carbonyl (C=O) groups is 1. The fourth-order valence-electron chi connectivity index (χ4n) is 3.94. The molecule has 5 unspecified atom stereocenters. The summed E-state index contributed by atoms with van der Waals surface area (Å²) < 4.78 is 19.3. The van der Waals surface area contributed by atoms with E-state index in [0.29, 0.717) is 12.3 Å². The molecule has 7 N–H and O–H groups in total. The number of aromatic nitrogens is 4. The minimum atomic E-state index is -1.74. The molecule has 1 aromatic carbocycles. The standard InChI is InChI=1S/C25H35N6O8PS/c1-24(2,13-32)22(35)41-10-9-37-40(28-11-15-7-5-4-6-8-15)38-12-16-25(3,36)18(33)21(39-16)31-14-27-17-19(31)29-23(26)30-20(17)34/h4-8,14,16,18,21,28,32-33,36H,9-13H2,1-3H3,(H3,26,29,30,34). The summed E-state index contributed by atoms with van der Waals surface area (Å²) in [6.07, 6.45) is -2.25. The Labute approximate surface area is 241 Å². The van der Waals surface area contributed by atoms with Crippen LogP contribution in [0.1, 0.15) is 32.6 Å². The van der Waals surface area contributed by atoms with Crippen molar-refractivity contribution in [1.82, 2.24) is 24.6 Å². The number of nitrogens with two attached hydrogens (primary N) is 1. The van der Waals surface area contributed by atoms with E-state index in [0.717, 1.165) is 17.3 Å². The molecular weight excluding hydrogens is 575 g/mol. The SMILES string of the molecule is CC(C)(CO)C(=O)SCCOP(NCc1ccccc1)OCC1OC(n2cnc3c(=O)[nH]c(N)nc32)C(O)C1(C)O. The first-order valence-electron chi connectivity index (χ1n) is 12.8. The number of rotatable bonds is 13. The van der Waals surface area contributed by atoms with Gasteiger partial charge in [-0.25, -0.2) is 10.1 Å². The second-order valence-electron chi connectivity index (χ2n) is 10.3. The number of thioether (sulfide) groups is 1. The lowest BCUT2D eigenvalue weighted by molar-refractivity contribution is -0.119. The van der Waals surface area contributed by atoms with Gasteiger partial charge in [-0.2, -0.15) is 4.98 Å². The molecule has 0 amide bonds. The van der Waals surface area contributed by atoms with Gasteiger partial charge in [0.25, 0.3) is 14.1 Å². The number of fused-ring (bicyclic) bond motifs is 1. The molecule has 41 heavy (non-hydrogen) atoms. The van der Waals surface area contributed by atoms with Gasteiger partial charge in [-0.15, -0.1) is 0 Å². The number of benzene rings is 1. The van der Waals surface area contributed by atoms with Crippen molar-refractivity contribution in [3.63, 3.8) is 0 Å². The second-order valence-corrected chi connectivity index (χ2v) is 12.8. The summed E-state index contributed by atoms with van der Waals surface area (Å²) in [6, 6.07) is 9.62. The molecule has 0 saturated carbocycles. The van der Waals surface area contributed by atoms with Crippen molar-refractivity contribution in [3.05, 3.63) is 52.6 Å². The maximum atomic E-state index is 12.3. The molecule has 3 heterocycles. The third-order valence-corrected chi connectivity index (χ3v) is 9.02. The van der Waals surface area contributed by atoms with E-state index in [2.05, 4.69) is 20.0 Å². The third-order valence-electron chi connectivity index (χ3n) is 6.62. The summed E-state index contributed by atoms with van der Waals surface area (Å²) in [7, 11) is -1.71. The number of ether oxygens (including phenoxy) is 1. The summed E-state index contributed by atoms with van der Waals surface area (Å²) in [4.78, 5) is 35.0. The number of aliphatic hydroxyl groups is 3. The number of imidazole rings is 1. The van der Waals surface area contributed by atoms with Crippen molar-refractivity contribution in [3.8, 4) is 0 Å². The number of anilines is 1. The van der Waals surface area contributed by atoms with Gasteiger partial charge in [0.2, 0.25) is 5.95 Å². The number of hydrogen-bond donors (Lipinski definition) is 6. The van der Waals surface area contributed by atoms with Crippen molar-refractivity contribution in [1.29, 1.82) is 0 Å². The van der Waals surface area contributed by atoms with Crippen molar-refractivity contribution in [2.45, 2.75) is 51.4 Å². The zero-order chi connectivity index (χ0) is 29.8. The van der Waals surface area contributed by atoms with Crippen LogP contribution in [0.3, 0.4) is 0 Å². The second kappa shape index (κ2) is 13.2. The fraction of sp³-hybridized carbons (Fsp3) is 0.520. The number of carbonyl (C=O) groups excluding carboxylic acids is 1. The Morgan fingerprint density at radius 2 is 2.07 bits per heavy atom. The van der Waals surface area contributed by atoms with Crippen LogP contribution >= 0.6 is 20.3 Å². The Bertz CT molecular complexity index is 1390. The van der Waals surface area contributed by atoms with Crippen LogP contribution in [0.15, 0.2) is 41.5 Å². The highest BCUT2D eigenvalue weighted by atomic mass is 32.2. The van der Waals surface area contributed by atoms with Gasteiger partial charge in [-0.3, -0.25) is 19.1 Å². The average molecular weight is 611 g/mol. The van der Waals surface area contributed by atoms with Crippen LogP contribution in [0.25, 0.3) is 11.2 Å². The molecule has 5 atom stereocenters. The van der Waals surface area contributed by atoms with Crippen LogP contribution < -0.4 is 16.4 Å². The summed E-state index contributed by atoms with van der Waals surface area (Å²) in [6.45, 7) is 4.98. The van der Waals surface area contributed by atoms with E-state index in [4.69, 9.17) is 19.5 Å². The molecule has 224 valence electrons. The number of nitrogen functional groups attached to an aromatic ring is 1. The molecule has 0 aliphatic carbocycles. The van der Waals surface area contributed by atoms with E-state index in [-0.39, 0.29) is 42.0 Å². The highest BCUT2D eigenvalue weighted by Gasteiger charge is 2.53. The first-order chi connectivity index (χ1) is 19.4. The van der Waals surface area contributed by atoms with Gasteiger partial charge in [0.15, 0.2) is 22.5 Å². The predicted octanol–water partition coefficient (Wildman–Crippen LogP) is 1.04. The predicted molar refractivity (Wildman–Crippen MR) is 154 cm³/mol. The molecule has 2 aromatic heterocycles. The highest BCUT2D eigenvalue weighted by molar-refractivity contribution is 8.13. The van der Waals surface area contributed by atoms with E-state index in [1.165, 1.54) is 17.8 Å². The molecule has 0 radical (unpaired) electrons. The molecule has 14 nitrogen and oxygen atoms in total. The van der Waals surface area contributed by atoms with Crippen molar-refractivity contribution >= 4 is 42.5 Å². The molecule has 1 fully saturated rings. The fourth-order valence-corrected chi connectivity index (χ4v) is 5.97. The van der Waals surface area contributed by atoms with E-state index >= 15 is 0 Å². The Hall–Kier alpha value is -2.46. The topological polar surface area (TPSA) is 207 Å². The van der Waals surface area contributed by atoms with E-state index < -0.39 is 43.5 Å². The first-order valence-corrected chi connectivity index (χ1v) is 15.0. The van der Waals surface area contributed by atoms with Crippen LogP contribution in [-0.2, 0) is 25.1 Å². The first kappa shape index (κ1) is 31.5. The van der Waals surface area contributed by atoms with Crippen molar-refractivity contribution < 1.29 is 33.9 Å². The van der Waals surface area contributed by atoms with Gasteiger partial charge >= 0.3 is 0 Å². The zero-order valence-corrected chi connectivity index (χ0v) is 24.6. The minimum absolute atomic E-state index is 0.00935. The van der Waals surface area contributed by atoms with Crippen molar-refractivity contribution in [2.24, 2.45) is 5.41 Å². The van der Waals surface area contributed by atoms with Crippen molar-refractivity contribution in [2.75, 3.05) is 31.3 Å². The lowest BCUT2D eigenvalue weighted by Crippen LogP contribution is -2.46. The molecule has 4 rings (SSSR count). The molecule has 0 bridgehead atoms. The Balaban J connectivity index is 1.42. The summed E-state index contributed by atoms with van der Waals surface area (Å²) in [5.74, 6) is 0.217. The Kier molecular flexibility index (Phi) is 10.2. The average Bonchev–Trinajstić information content (AvgIpc) is 3.46. The number of hydrogen-bond acceptors (Lipinski definition) is 13. The quantitative estimate of drug-likeness (QED) is 0.118. The third kappa shape index (κ3) is 7.31. The molecule has 3 aromatic rings. The molecule has 1 aliphatic heterocycles. The monoisotopic (exact) mass is 610 g/mol. The summed E-state index contributed by atoms with van der Waals surface area (Å²) >= 11 is 1.07. The van der Waals surface area contributed by atoms with Gasteiger partial charge in [0.05, 0.1) is 31.6 Å². The number of aromatic amines is 1. The van der Waals surface area contributed by atoms with E-state index in [9.17, 15) is 24.9 Å². The van der Waals surface area contributed by atoms with Gasteiger partial charge in [0.1, 0.15) is 17.8 Å². The smallest absolute Gasteiger partial charge is 0.280 e. The molecule has 1 saturated heterocycles. The van der Waals surface area contributed by atoms with Crippen LogP contribution in [0.2, 0.25) is 0 Å². The summed E-state index contributed by atoms with van der Waals surface area (Å²) in [5, 5.41) is 34.6. The van der Waals surface area contributed by atoms with Crippen LogP contribution in [0.5, 0.6) is 0 Å². The van der Waals surface area contributed by atoms with Crippen LogP contribution in [0.4, 0.5) is 5.95 Å².